The number of ketones is 1. The van der Waals surface area contributed by atoms with Gasteiger partial charge in [-0.25, -0.2) is 0 Å². The Hall–Kier alpha value is -3.78. The third kappa shape index (κ3) is 4.61. The molecule has 0 bridgehead atoms. The standard InChI is InChI=1S/C27H24BrNO6/c1-4-35-22-14-17(10-13-21(22)34-3)24-23(25(30)16-8-11-18(28)12-9-16)26(31)27(32)29(24)19-6-5-7-20(15-19)33-2/h5-15,24,30H,4H2,1-3H3/b25-23-. The molecule has 0 saturated carbocycles. The number of aliphatic hydroxyl groups excluding tert-OH is 1. The van der Waals surface area contributed by atoms with E-state index in [1.165, 1.54) is 19.1 Å². The number of halogens is 1. The van der Waals surface area contributed by atoms with Crippen molar-refractivity contribution in [2.45, 2.75) is 13.0 Å². The van der Waals surface area contributed by atoms with Gasteiger partial charge >= 0.3 is 0 Å². The fourth-order valence-corrected chi connectivity index (χ4v) is 4.33. The molecule has 1 aliphatic rings. The molecular weight excluding hydrogens is 514 g/mol. The summed E-state index contributed by atoms with van der Waals surface area (Å²) >= 11 is 3.37. The zero-order valence-corrected chi connectivity index (χ0v) is 21.0. The number of ether oxygens (including phenoxy) is 3. The van der Waals surface area contributed by atoms with Crippen molar-refractivity contribution in [1.82, 2.24) is 0 Å². The van der Waals surface area contributed by atoms with Gasteiger partial charge in [-0.05, 0) is 48.9 Å². The number of Topliss-reactive ketones (excluding diaryl/α,β-unsaturated/α-hetero) is 1. The summed E-state index contributed by atoms with van der Waals surface area (Å²) in [5.74, 6) is -0.294. The molecular formula is C27H24BrNO6. The van der Waals surface area contributed by atoms with Crippen molar-refractivity contribution >= 4 is 39.1 Å². The first-order valence-corrected chi connectivity index (χ1v) is 11.7. The summed E-state index contributed by atoms with van der Waals surface area (Å²) in [4.78, 5) is 28.1. The molecule has 1 saturated heterocycles. The Balaban J connectivity index is 1.96. The molecule has 7 nitrogen and oxygen atoms in total. The Morgan fingerprint density at radius 2 is 1.71 bits per heavy atom. The Morgan fingerprint density at radius 1 is 0.971 bits per heavy atom. The van der Waals surface area contributed by atoms with Crippen LogP contribution in [0.3, 0.4) is 0 Å². The fraction of sp³-hybridized carbons (Fsp3) is 0.185. The van der Waals surface area contributed by atoms with Crippen LogP contribution < -0.4 is 19.1 Å². The lowest BCUT2D eigenvalue weighted by atomic mass is 9.94. The van der Waals surface area contributed by atoms with Gasteiger partial charge in [0.05, 0.1) is 32.4 Å². The number of nitrogens with zero attached hydrogens (tertiary/aromatic N) is 1. The number of benzene rings is 3. The van der Waals surface area contributed by atoms with Crippen LogP contribution in [0.5, 0.6) is 17.2 Å². The lowest BCUT2D eigenvalue weighted by Gasteiger charge is -2.26. The van der Waals surface area contributed by atoms with Gasteiger partial charge in [0.25, 0.3) is 11.7 Å². The molecule has 1 fully saturated rings. The number of hydrogen-bond donors (Lipinski definition) is 1. The predicted molar refractivity (Wildman–Crippen MR) is 136 cm³/mol. The number of anilines is 1. The molecule has 1 aliphatic heterocycles. The molecule has 3 aromatic carbocycles. The second kappa shape index (κ2) is 10.2. The summed E-state index contributed by atoms with van der Waals surface area (Å²) in [5.41, 5.74) is 1.43. The first-order chi connectivity index (χ1) is 16.9. The maximum atomic E-state index is 13.4. The average molecular weight is 538 g/mol. The van der Waals surface area contributed by atoms with Crippen molar-refractivity contribution in [3.8, 4) is 17.2 Å². The number of aliphatic hydroxyl groups is 1. The quantitative estimate of drug-likeness (QED) is 0.243. The maximum Gasteiger partial charge on any atom is 0.300 e. The zero-order valence-electron chi connectivity index (χ0n) is 19.4. The minimum absolute atomic E-state index is 0.0206. The summed E-state index contributed by atoms with van der Waals surface area (Å²) in [6.45, 7) is 2.25. The second-order valence-electron chi connectivity index (χ2n) is 7.72. The number of carbonyl (C=O) groups excluding carboxylic acids is 2. The SMILES string of the molecule is CCOc1cc(C2/C(=C(/O)c3ccc(Br)cc3)C(=O)C(=O)N2c2cccc(OC)c2)ccc1OC. The molecule has 1 heterocycles. The lowest BCUT2D eigenvalue weighted by Crippen LogP contribution is -2.29. The van der Waals surface area contributed by atoms with E-state index < -0.39 is 17.7 Å². The van der Waals surface area contributed by atoms with Gasteiger partial charge in [0.2, 0.25) is 0 Å². The number of methoxy groups -OCH3 is 2. The van der Waals surface area contributed by atoms with Crippen molar-refractivity contribution in [2.24, 2.45) is 0 Å². The smallest absolute Gasteiger partial charge is 0.300 e. The molecule has 0 aliphatic carbocycles. The third-order valence-electron chi connectivity index (χ3n) is 5.70. The van der Waals surface area contributed by atoms with E-state index in [0.29, 0.717) is 40.7 Å². The van der Waals surface area contributed by atoms with Crippen LogP contribution in [0.2, 0.25) is 0 Å². The lowest BCUT2D eigenvalue weighted by molar-refractivity contribution is -0.132. The van der Waals surface area contributed by atoms with Gasteiger partial charge in [0, 0.05) is 21.8 Å². The van der Waals surface area contributed by atoms with Gasteiger partial charge < -0.3 is 19.3 Å². The van der Waals surface area contributed by atoms with E-state index in [1.807, 2.05) is 6.92 Å². The Labute approximate surface area is 211 Å². The summed E-state index contributed by atoms with van der Waals surface area (Å²) in [5, 5.41) is 11.3. The van der Waals surface area contributed by atoms with Gasteiger partial charge in [-0.2, -0.15) is 0 Å². The van der Waals surface area contributed by atoms with Crippen LogP contribution in [0.1, 0.15) is 24.1 Å². The van der Waals surface area contributed by atoms with Crippen LogP contribution in [0.15, 0.2) is 76.8 Å². The van der Waals surface area contributed by atoms with E-state index in [0.717, 1.165) is 4.47 Å². The van der Waals surface area contributed by atoms with E-state index in [-0.39, 0.29) is 11.3 Å². The Bertz CT molecular complexity index is 1300. The van der Waals surface area contributed by atoms with Crippen LogP contribution in [0.4, 0.5) is 5.69 Å². The number of hydrogen-bond acceptors (Lipinski definition) is 6. The maximum absolute atomic E-state index is 13.4. The molecule has 0 spiro atoms. The van der Waals surface area contributed by atoms with E-state index >= 15 is 0 Å². The van der Waals surface area contributed by atoms with Crippen LogP contribution in [0.25, 0.3) is 5.76 Å². The molecule has 180 valence electrons. The molecule has 1 atom stereocenters. The van der Waals surface area contributed by atoms with Gasteiger partial charge in [-0.3, -0.25) is 14.5 Å². The first kappa shape index (κ1) is 24.3. The van der Waals surface area contributed by atoms with Crippen LogP contribution >= 0.6 is 15.9 Å². The van der Waals surface area contributed by atoms with Crippen molar-refractivity contribution in [3.63, 3.8) is 0 Å². The number of carbonyl (C=O) groups is 2. The van der Waals surface area contributed by atoms with E-state index in [4.69, 9.17) is 14.2 Å². The highest BCUT2D eigenvalue weighted by molar-refractivity contribution is 9.10. The van der Waals surface area contributed by atoms with Gasteiger partial charge in [-0.1, -0.05) is 40.2 Å². The molecule has 35 heavy (non-hydrogen) atoms. The normalized spacial score (nSPS) is 16.9. The molecule has 3 aromatic rings. The largest absolute Gasteiger partial charge is 0.507 e. The zero-order chi connectivity index (χ0) is 25.1. The van der Waals surface area contributed by atoms with E-state index in [2.05, 4.69) is 15.9 Å². The summed E-state index contributed by atoms with van der Waals surface area (Å²) in [6.07, 6.45) is 0. The summed E-state index contributed by atoms with van der Waals surface area (Å²) < 4.78 is 17.3. The van der Waals surface area contributed by atoms with Crippen LogP contribution in [-0.4, -0.2) is 37.6 Å². The van der Waals surface area contributed by atoms with Crippen LogP contribution in [-0.2, 0) is 9.59 Å². The highest BCUT2D eigenvalue weighted by Crippen LogP contribution is 2.44. The van der Waals surface area contributed by atoms with E-state index in [9.17, 15) is 14.7 Å². The molecule has 0 aromatic heterocycles. The highest BCUT2D eigenvalue weighted by atomic mass is 79.9. The number of amides is 1. The fourth-order valence-electron chi connectivity index (χ4n) is 4.07. The molecule has 0 radical (unpaired) electrons. The number of rotatable bonds is 7. The molecule has 1 unspecified atom stereocenters. The van der Waals surface area contributed by atoms with Crippen molar-refractivity contribution < 1.29 is 28.9 Å². The molecule has 1 N–H and O–H groups in total. The minimum atomic E-state index is -0.907. The first-order valence-electron chi connectivity index (χ1n) is 10.9. The molecule has 1 amide bonds. The molecule has 4 rings (SSSR count). The third-order valence-corrected chi connectivity index (χ3v) is 6.23. The van der Waals surface area contributed by atoms with Crippen molar-refractivity contribution in [1.29, 1.82) is 0 Å². The Kier molecular flexibility index (Phi) is 7.12. The second-order valence-corrected chi connectivity index (χ2v) is 8.64. The predicted octanol–water partition coefficient (Wildman–Crippen LogP) is 5.49. The van der Waals surface area contributed by atoms with Crippen molar-refractivity contribution in [3.05, 3.63) is 87.9 Å². The van der Waals surface area contributed by atoms with Gasteiger partial charge in [0.1, 0.15) is 11.5 Å². The minimum Gasteiger partial charge on any atom is -0.507 e. The van der Waals surface area contributed by atoms with Crippen LogP contribution in [0, 0.1) is 0 Å². The monoisotopic (exact) mass is 537 g/mol. The van der Waals surface area contributed by atoms with E-state index in [1.54, 1.807) is 66.7 Å². The van der Waals surface area contributed by atoms with Crippen molar-refractivity contribution in [2.75, 3.05) is 25.7 Å². The van der Waals surface area contributed by atoms with Gasteiger partial charge in [-0.15, -0.1) is 0 Å². The van der Waals surface area contributed by atoms with Gasteiger partial charge in [0.15, 0.2) is 11.5 Å². The topological polar surface area (TPSA) is 85.3 Å². The average Bonchev–Trinajstić information content (AvgIpc) is 3.14. The highest BCUT2D eigenvalue weighted by Gasteiger charge is 2.47. The summed E-state index contributed by atoms with van der Waals surface area (Å²) in [6, 6.07) is 18.0. The summed E-state index contributed by atoms with van der Waals surface area (Å²) in [7, 11) is 3.06. The Morgan fingerprint density at radius 3 is 2.37 bits per heavy atom. The molecule has 8 heteroatoms.